The maximum absolute atomic E-state index is 10.3. The lowest BCUT2D eigenvalue weighted by atomic mass is 10.4. The van der Waals surface area contributed by atoms with Crippen molar-refractivity contribution in [3.63, 3.8) is 0 Å². The Bertz CT molecular complexity index is 111. The van der Waals surface area contributed by atoms with E-state index in [9.17, 15) is 4.79 Å². The minimum absolute atomic E-state index is 0.145. The monoisotopic (exact) mass is 146 g/mol. The largest absolute Gasteiger partial charge is 0.525 e. The van der Waals surface area contributed by atoms with Gasteiger partial charge in [0.15, 0.2) is 0 Å². The van der Waals surface area contributed by atoms with Crippen LogP contribution in [-0.2, 0) is 14.0 Å². The Hall–Kier alpha value is -0.353. The number of rotatable bonds is 2. The number of carbonyl (C=O) groups is 1. The lowest BCUT2D eigenvalue weighted by molar-refractivity contribution is -0.132. The summed E-state index contributed by atoms with van der Waals surface area (Å²) in [6.45, 7) is 3.06. The summed E-state index contributed by atoms with van der Waals surface area (Å²) in [4.78, 5) is 10.3. The maximum atomic E-state index is 10.3. The van der Waals surface area contributed by atoms with Gasteiger partial charge in [-0.1, -0.05) is 0 Å². The molecule has 0 radical (unpaired) electrons. The lowest BCUT2D eigenvalue weighted by Gasteiger charge is -2.24. The van der Waals surface area contributed by atoms with E-state index in [0.29, 0.717) is 5.54 Å². The van der Waals surface area contributed by atoms with Crippen molar-refractivity contribution in [2.24, 2.45) is 0 Å². The fourth-order valence-electron chi connectivity index (χ4n) is 0.616. The molecule has 0 aliphatic carbocycles. The molecule has 9 heavy (non-hydrogen) atoms. The van der Waals surface area contributed by atoms with Crippen molar-refractivity contribution in [1.29, 1.82) is 0 Å². The van der Waals surface area contributed by atoms with Gasteiger partial charge in [-0.05, 0) is 0 Å². The van der Waals surface area contributed by atoms with Gasteiger partial charge in [0.25, 0.3) is 5.97 Å². The summed E-state index contributed by atoms with van der Waals surface area (Å²) in [6, 6.07) is 0. The first-order valence-electron chi connectivity index (χ1n) is 3.00. The first-order valence-corrected chi connectivity index (χ1v) is 4.39. The molecule has 0 spiro atoms. The van der Waals surface area contributed by atoms with Crippen molar-refractivity contribution in [1.82, 2.24) is 0 Å². The minimum atomic E-state index is -0.600. The van der Waals surface area contributed by atoms with Crippen LogP contribution in [0.3, 0.4) is 0 Å². The van der Waals surface area contributed by atoms with Gasteiger partial charge >= 0.3 is 0 Å². The summed E-state index contributed by atoms with van der Waals surface area (Å²) in [5, 5.41) is 0. The van der Waals surface area contributed by atoms with Crippen LogP contribution in [0.15, 0.2) is 0 Å². The third-order valence-electron chi connectivity index (χ3n) is 1.23. The Kier molecular flexibility index (Phi) is 2.24. The highest BCUT2D eigenvalue weighted by atomic mass is 28.2. The number of carbonyl (C=O) groups excluding carboxylic acids is 1. The molecule has 0 aromatic carbocycles. The van der Waals surface area contributed by atoms with E-state index in [1.807, 2.05) is 0 Å². The molecule has 0 aromatic rings. The van der Waals surface area contributed by atoms with Crippen molar-refractivity contribution >= 4 is 15.7 Å². The van der Waals surface area contributed by atoms with Crippen LogP contribution in [-0.4, -0.2) is 28.9 Å². The predicted octanol–water partition coefficient (Wildman–Crippen LogP) is -0.548. The van der Waals surface area contributed by atoms with E-state index in [-0.39, 0.29) is 5.97 Å². The average Bonchev–Trinajstić information content (AvgIpc) is 1.60. The molecule has 0 atom stereocenters. The first-order chi connectivity index (χ1) is 4.29. The molecule has 1 aliphatic rings. The normalized spacial score (nSPS) is 20.1. The maximum Gasteiger partial charge on any atom is 0.288 e. The van der Waals surface area contributed by atoms with Crippen LogP contribution in [0, 0.1) is 0 Å². The number of hydrogen-bond acceptors (Lipinski definition) is 3. The Morgan fingerprint density at radius 1 is 1.78 bits per heavy atom. The van der Waals surface area contributed by atoms with Crippen LogP contribution in [0.4, 0.5) is 0 Å². The van der Waals surface area contributed by atoms with Crippen molar-refractivity contribution in [2.75, 3.05) is 13.2 Å². The van der Waals surface area contributed by atoms with E-state index in [1.54, 1.807) is 0 Å². The summed E-state index contributed by atoms with van der Waals surface area (Å²) in [5.41, 5.74) is 0.592. The lowest BCUT2D eigenvalue weighted by Crippen LogP contribution is -2.29. The van der Waals surface area contributed by atoms with Gasteiger partial charge in [0.1, 0.15) is 0 Å². The van der Waals surface area contributed by atoms with Gasteiger partial charge in [-0.2, -0.15) is 0 Å². The van der Waals surface area contributed by atoms with Gasteiger partial charge in [0.05, 0.1) is 13.2 Å². The average molecular weight is 146 g/mol. The molecule has 0 N–H and O–H groups in total. The van der Waals surface area contributed by atoms with Crippen LogP contribution >= 0.6 is 0 Å². The van der Waals surface area contributed by atoms with E-state index in [0.717, 1.165) is 13.2 Å². The third-order valence-corrected chi connectivity index (χ3v) is 2.75. The van der Waals surface area contributed by atoms with Crippen LogP contribution in [0.2, 0.25) is 5.54 Å². The molecule has 0 saturated carbocycles. The molecule has 4 heteroatoms. The highest BCUT2D eigenvalue weighted by Gasteiger charge is 2.20. The van der Waals surface area contributed by atoms with E-state index in [4.69, 9.17) is 9.16 Å². The first kappa shape index (κ1) is 6.76. The molecule has 1 rings (SSSR count). The van der Waals surface area contributed by atoms with Gasteiger partial charge in [0.2, 0.25) is 9.76 Å². The molecule has 0 unspecified atom stereocenters. The molecular weight excluding hydrogens is 136 g/mol. The number of ether oxygens (including phenoxy) is 1. The van der Waals surface area contributed by atoms with Crippen molar-refractivity contribution in [2.45, 2.75) is 12.5 Å². The van der Waals surface area contributed by atoms with E-state index >= 15 is 0 Å². The van der Waals surface area contributed by atoms with Gasteiger partial charge in [-0.3, -0.25) is 4.79 Å². The Morgan fingerprint density at radius 2 is 2.44 bits per heavy atom. The quantitative estimate of drug-likeness (QED) is 0.490. The summed E-state index contributed by atoms with van der Waals surface area (Å²) < 4.78 is 9.78. The SMILES string of the molecule is CC(=O)O[SiH2]C1COC1. The van der Waals surface area contributed by atoms with E-state index in [1.165, 1.54) is 6.92 Å². The molecular formula is C5H10O3Si. The Labute approximate surface area is 56.3 Å². The summed E-state index contributed by atoms with van der Waals surface area (Å²) in [5.74, 6) is -0.145. The van der Waals surface area contributed by atoms with Crippen LogP contribution in [0.5, 0.6) is 0 Å². The van der Waals surface area contributed by atoms with E-state index in [2.05, 4.69) is 0 Å². The second kappa shape index (κ2) is 2.98. The predicted molar refractivity (Wildman–Crippen MR) is 34.9 cm³/mol. The van der Waals surface area contributed by atoms with Crippen molar-refractivity contribution in [3.8, 4) is 0 Å². The zero-order valence-corrected chi connectivity index (χ0v) is 6.84. The summed E-state index contributed by atoms with van der Waals surface area (Å²) >= 11 is 0. The Balaban J connectivity index is 1.97. The highest BCUT2D eigenvalue weighted by molar-refractivity contribution is 6.33. The molecule has 1 fully saturated rings. The molecule has 3 nitrogen and oxygen atoms in total. The molecule has 1 saturated heterocycles. The fraction of sp³-hybridized carbons (Fsp3) is 0.800. The minimum Gasteiger partial charge on any atom is -0.525 e. The smallest absolute Gasteiger partial charge is 0.288 e. The zero-order chi connectivity index (χ0) is 6.69. The van der Waals surface area contributed by atoms with Crippen LogP contribution in [0.1, 0.15) is 6.92 Å². The summed E-state index contributed by atoms with van der Waals surface area (Å²) in [6.07, 6.45) is 0. The standard InChI is InChI=1S/C5H10O3Si/c1-4(6)8-9-5-2-7-3-5/h5H,2-3,9H2,1H3. The van der Waals surface area contributed by atoms with Gasteiger partial charge < -0.3 is 9.16 Å². The van der Waals surface area contributed by atoms with Crippen LogP contribution < -0.4 is 0 Å². The second-order valence-corrected chi connectivity index (χ2v) is 3.98. The van der Waals surface area contributed by atoms with Crippen LogP contribution in [0.25, 0.3) is 0 Å². The topological polar surface area (TPSA) is 35.5 Å². The Morgan fingerprint density at radius 3 is 2.78 bits per heavy atom. The van der Waals surface area contributed by atoms with Gasteiger partial charge in [-0.25, -0.2) is 0 Å². The molecule has 1 aliphatic heterocycles. The fourth-order valence-corrected chi connectivity index (χ4v) is 1.61. The van der Waals surface area contributed by atoms with Crippen molar-refractivity contribution in [3.05, 3.63) is 0 Å². The molecule has 52 valence electrons. The molecule has 0 aromatic heterocycles. The molecule has 0 amide bonds. The van der Waals surface area contributed by atoms with Gasteiger partial charge in [-0.15, -0.1) is 0 Å². The van der Waals surface area contributed by atoms with E-state index < -0.39 is 9.76 Å². The molecule has 1 heterocycles. The highest BCUT2D eigenvalue weighted by Crippen LogP contribution is 2.14. The molecule has 0 bridgehead atoms. The summed E-state index contributed by atoms with van der Waals surface area (Å²) in [7, 11) is -0.600. The van der Waals surface area contributed by atoms with Gasteiger partial charge in [0, 0.05) is 12.5 Å². The second-order valence-electron chi connectivity index (χ2n) is 2.21. The third kappa shape index (κ3) is 2.15. The zero-order valence-electron chi connectivity index (χ0n) is 5.42. The number of hydrogen-bond donors (Lipinski definition) is 0. The van der Waals surface area contributed by atoms with Crippen molar-refractivity contribution < 1.29 is 14.0 Å².